The van der Waals surface area contributed by atoms with E-state index in [1.165, 1.54) is 29.4 Å². The summed E-state index contributed by atoms with van der Waals surface area (Å²) in [6.45, 7) is 0.654. The van der Waals surface area contributed by atoms with E-state index in [1.54, 1.807) is 30.3 Å². The Morgan fingerprint density at radius 2 is 1.08 bits per heavy atom. The number of nitrogens with zero attached hydrogens (tertiary/aromatic N) is 4. The molecule has 4 aromatic rings. The first-order valence-electron chi connectivity index (χ1n) is 15.4. The molecule has 2 aliphatic heterocycles. The summed E-state index contributed by atoms with van der Waals surface area (Å²) in [5.41, 5.74) is 0.921. The van der Waals surface area contributed by atoms with Crippen molar-refractivity contribution in [2.45, 2.75) is 31.9 Å². The highest BCUT2D eigenvalue weighted by molar-refractivity contribution is 6.02. The number of hydrogen-bond acceptors (Lipinski definition) is 8. The quantitative estimate of drug-likeness (QED) is 0.150. The fourth-order valence-electron chi connectivity index (χ4n) is 5.04. The van der Waals surface area contributed by atoms with Crippen LogP contribution in [0.15, 0.2) is 79.1 Å². The third-order valence-corrected chi connectivity index (χ3v) is 7.65. The maximum atomic E-state index is 13.2. The van der Waals surface area contributed by atoms with Gasteiger partial charge in [0, 0.05) is 36.8 Å². The molecular weight excluding hydrogens is 667 g/mol. The van der Waals surface area contributed by atoms with Gasteiger partial charge in [0.05, 0.1) is 42.4 Å². The molecular formula is C35H29F5N4O6. The zero-order chi connectivity index (χ0) is 35.8. The van der Waals surface area contributed by atoms with Gasteiger partial charge in [0.1, 0.15) is 24.7 Å². The number of ether oxygens (including phenoxy) is 2. The molecule has 2 aromatic carbocycles. The number of amides is 4. The maximum Gasteiger partial charge on any atom is 0.416 e. The number of carbonyl (C=O) groups excluding carboxylic acids is 4. The van der Waals surface area contributed by atoms with Crippen molar-refractivity contribution in [3.63, 3.8) is 0 Å². The second-order valence-corrected chi connectivity index (χ2v) is 11.0. The lowest BCUT2D eigenvalue weighted by Crippen LogP contribution is -2.33. The minimum atomic E-state index is -4.41. The Kier molecular flexibility index (Phi) is 11.1. The molecule has 2 aliphatic rings. The number of hydrogen-bond donors (Lipinski definition) is 0. The van der Waals surface area contributed by atoms with E-state index in [9.17, 15) is 41.1 Å². The van der Waals surface area contributed by atoms with Gasteiger partial charge in [-0.3, -0.25) is 38.9 Å². The molecule has 0 unspecified atom stereocenters. The number of carbonyl (C=O) groups is 4. The van der Waals surface area contributed by atoms with Crippen LogP contribution in [0.1, 0.15) is 31.2 Å². The van der Waals surface area contributed by atoms with Crippen molar-refractivity contribution < 1.29 is 50.6 Å². The molecule has 0 N–H and O–H groups in total. The summed E-state index contributed by atoms with van der Waals surface area (Å²) in [5, 5.41) is 0. The second kappa shape index (κ2) is 15.7. The Bertz CT molecular complexity index is 1840. The van der Waals surface area contributed by atoms with E-state index in [4.69, 9.17) is 9.47 Å². The van der Waals surface area contributed by atoms with Crippen LogP contribution in [0, 0.1) is 11.6 Å². The first-order valence-corrected chi connectivity index (χ1v) is 15.4. The third kappa shape index (κ3) is 9.03. The van der Waals surface area contributed by atoms with E-state index in [0.29, 0.717) is 34.0 Å². The molecule has 0 spiro atoms. The van der Waals surface area contributed by atoms with Crippen LogP contribution in [0.4, 0.5) is 22.0 Å². The third-order valence-electron chi connectivity index (χ3n) is 7.65. The summed E-state index contributed by atoms with van der Waals surface area (Å²) in [4.78, 5) is 56.5. The summed E-state index contributed by atoms with van der Waals surface area (Å²) < 4.78 is 75.4. The molecule has 0 saturated carbocycles. The van der Waals surface area contributed by atoms with Crippen LogP contribution in [0.3, 0.4) is 0 Å². The number of benzene rings is 2. The van der Waals surface area contributed by atoms with Crippen LogP contribution in [-0.4, -0.2) is 69.7 Å². The van der Waals surface area contributed by atoms with Gasteiger partial charge >= 0.3 is 6.18 Å². The van der Waals surface area contributed by atoms with Gasteiger partial charge in [0.2, 0.25) is 23.6 Å². The molecule has 0 aliphatic carbocycles. The highest BCUT2D eigenvalue weighted by Gasteiger charge is 2.31. The molecule has 50 heavy (non-hydrogen) atoms. The van der Waals surface area contributed by atoms with E-state index < -0.39 is 23.4 Å². The maximum absolute atomic E-state index is 13.2. The van der Waals surface area contributed by atoms with E-state index in [1.807, 2.05) is 0 Å². The number of alkyl halides is 3. The van der Waals surface area contributed by atoms with E-state index >= 15 is 0 Å². The van der Waals surface area contributed by atoms with Gasteiger partial charge in [-0.2, -0.15) is 13.2 Å². The molecule has 4 heterocycles. The van der Waals surface area contributed by atoms with E-state index in [0.717, 1.165) is 29.2 Å². The normalized spacial score (nSPS) is 14.6. The average molecular weight is 697 g/mol. The standard InChI is InChI=1S/C18H15F3N2O3.C17H14F2N2O3/c19-18(20,21)13-3-1-2-12(10-13)15-5-4-14(11-22-15)26-9-8-23-16(24)6-7-17(23)25;18-13-3-1-11(9-14(13)19)15-4-2-12(10-20-15)24-8-7-21-16(22)5-6-17(21)23/h1-5,10-11H,6-9H2;1-4,9-10H,5-8H2. The van der Waals surface area contributed by atoms with Gasteiger partial charge in [0.15, 0.2) is 11.6 Å². The minimum absolute atomic E-state index is 0.127. The van der Waals surface area contributed by atoms with Crippen LogP contribution in [0.2, 0.25) is 0 Å². The van der Waals surface area contributed by atoms with Crippen LogP contribution >= 0.6 is 0 Å². The largest absolute Gasteiger partial charge is 0.490 e. The fraction of sp³-hybridized carbons (Fsp3) is 0.257. The molecule has 4 amide bonds. The number of rotatable bonds is 10. The first kappa shape index (κ1) is 35.6. The van der Waals surface area contributed by atoms with Crippen molar-refractivity contribution in [2.24, 2.45) is 0 Å². The van der Waals surface area contributed by atoms with Gasteiger partial charge in [0.25, 0.3) is 0 Å². The second-order valence-electron chi connectivity index (χ2n) is 11.0. The number of imide groups is 2. The Balaban J connectivity index is 0.000000195. The van der Waals surface area contributed by atoms with Crippen molar-refractivity contribution in [3.8, 4) is 34.0 Å². The molecule has 2 saturated heterocycles. The topological polar surface area (TPSA) is 119 Å². The SMILES string of the molecule is O=C1CCC(=O)N1CCOc1ccc(-c2ccc(F)c(F)c2)nc1.O=C1CCC(=O)N1CCOc1ccc(-c2cccc(C(F)(F)F)c2)nc1. The summed E-state index contributed by atoms with van der Waals surface area (Å²) in [7, 11) is 0. The highest BCUT2D eigenvalue weighted by Crippen LogP contribution is 2.32. The summed E-state index contributed by atoms with van der Waals surface area (Å²) >= 11 is 0. The molecule has 2 aromatic heterocycles. The van der Waals surface area contributed by atoms with Crippen molar-refractivity contribution >= 4 is 23.6 Å². The van der Waals surface area contributed by atoms with Crippen molar-refractivity contribution in [1.29, 1.82) is 0 Å². The molecule has 0 bridgehead atoms. The fourth-order valence-corrected chi connectivity index (χ4v) is 5.04. The Morgan fingerprint density at radius 1 is 0.600 bits per heavy atom. The Hall–Kier alpha value is -5.73. The van der Waals surface area contributed by atoms with Gasteiger partial charge in [-0.1, -0.05) is 12.1 Å². The lowest BCUT2D eigenvalue weighted by atomic mass is 10.1. The number of halogens is 5. The van der Waals surface area contributed by atoms with Crippen LogP contribution < -0.4 is 9.47 Å². The predicted octanol–water partition coefficient (Wildman–Crippen LogP) is 5.85. The lowest BCUT2D eigenvalue weighted by molar-refractivity contribution is -0.140. The summed E-state index contributed by atoms with van der Waals surface area (Å²) in [6.07, 6.45) is -0.609. The van der Waals surface area contributed by atoms with Gasteiger partial charge in [-0.25, -0.2) is 8.78 Å². The summed E-state index contributed by atoms with van der Waals surface area (Å²) in [6, 6.07) is 14.8. The summed E-state index contributed by atoms with van der Waals surface area (Å²) in [5.74, 6) is -1.78. The van der Waals surface area contributed by atoms with E-state index in [2.05, 4.69) is 9.97 Å². The van der Waals surface area contributed by atoms with Crippen LogP contribution in [0.5, 0.6) is 11.5 Å². The van der Waals surface area contributed by atoms with Crippen molar-refractivity contribution in [2.75, 3.05) is 26.3 Å². The molecule has 15 heteroatoms. The first-order chi connectivity index (χ1) is 23.9. The Morgan fingerprint density at radius 3 is 1.50 bits per heavy atom. The lowest BCUT2D eigenvalue weighted by Gasteiger charge is -2.14. The van der Waals surface area contributed by atoms with Crippen LogP contribution in [0.25, 0.3) is 22.5 Å². The van der Waals surface area contributed by atoms with Gasteiger partial charge in [-0.15, -0.1) is 0 Å². The smallest absolute Gasteiger partial charge is 0.416 e. The highest BCUT2D eigenvalue weighted by atomic mass is 19.4. The van der Waals surface area contributed by atoms with Crippen LogP contribution in [-0.2, 0) is 25.4 Å². The molecule has 260 valence electrons. The number of likely N-dealkylation sites (tertiary alicyclic amines) is 2. The molecule has 0 atom stereocenters. The van der Waals surface area contributed by atoms with Crippen molar-refractivity contribution in [1.82, 2.24) is 19.8 Å². The molecule has 0 radical (unpaired) electrons. The zero-order valence-electron chi connectivity index (χ0n) is 26.3. The van der Waals surface area contributed by atoms with Gasteiger partial charge in [-0.05, 0) is 54.6 Å². The van der Waals surface area contributed by atoms with E-state index in [-0.39, 0.29) is 75.6 Å². The molecule has 2 fully saturated rings. The molecule has 10 nitrogen and oxygen atoms in total. The van der Waals surface area contributed by atoms with Crippen molar-refractivity contribution in [3.05, 3.63) is 96.3 Å². The molecule has 6 rings (SSSR count). The average Bonchev–Trinajstić information content (AvgIpc) is 3.60. The number of pyridine rings is 2. The monoisotopic (exact) mass is 696 g/mol. The minimum Gasteiger partial charge on any atom is -0.490 e. The Labute approximate surface area is 282 Å². The number of aromatic nitrogens is 2. The predicted molar refractivity (Wildman–Crippen MR) is 167 cm³/mol. The zero-order valence-corrected chi connectivity index (χ0v) is 26.3. The van der Waals surface area contributed by atoms with Gasteiger partial charge < -0.3 is 9.47 Å².